The van der Waals surface area contributed by atoms with Gasteiger partial charge < -0.3 is 20.3 Å². The molecule has 0 bridgehead atoms. The Morgan fingerprint density at radius 1 is 1.11 bits per heavy atom. The van der Waals surface area contributed by atoms with Gasteiger partial charge in [0.25, 0.3) is 0 Å². The monoisotopic (exact) mass is 533 g/mol. The fraction of sp³-hybridized carbons (Fsp3) is 0.174. The third kappa shape index (κ3) is 7.32. The van der Waals surface area contributed by atoms with Crippen LogP contribution in [0.4, 0.5) is 5.69 Å². The summed E-state index contributed by atoms with van der Waals surface area (Å²) in [6, 6.07) is 11.2. The maximum atomic E-state index is 12.4. The van der Waals surface area contributed by atoms with Gasteiger partial charge in [0, 0.05) is 17.6 Å². The molecule has 1 aromatic heterocycles. The molecular weight excluding hydrogens is 513 g/mol. The van der Waals surface area contributed by atoms with Gasteiger partial charge in [-0.25, -0.2) is 4.79 Å². The van der Waals surface area contributed by atoms with Gasteiger partial charge >= 0.3 is 5.97 Å². The van der Waals surface area contributed by atoms with E-state index in [2.05, 4.69) is 20.8 Å². The first-order valence-electron chi connectivity index (χ1n) is 10.4. The molecule has 3 rings (SSSR count). The van der Waals surface area contributed by atoms with E-state index in [1.807, 2.05) is 19.1 Å². The molecule has 1 heterocycles. The Labute approximate surface area is 215 Å². The number of carboxylic acid groups (broad SMARTS) is 1. The van der Waals surface area contributed by atoms with E-state index in [0.29, 0.717) is 22.5 Å². The molecule has 0 unspecified atom stereocenters. The molecule has 0 radical (unpaired) electrons. The van der Waals surface area contributed by atoms with E-state index in [1.165, 1.54) is 24.3 Å². The lowest BCUT2D eigenvalue weighted by Crippen LogP contribution is -2.22. The summed E-state index contributed by atoms with van der Waals surface area (Å²) < 4.78 is 1.79. The second-order valence-corrected chi connectivity index (χ2v) is 8.81. The first-order chi connectivity index (χ1) is 16.8. The van der Waals surface area contributed by atoms with Gasteiger partial charge in [0.2, 0.25) is 11.8 Å². The Morgan fingerprint density at radius 3 is 2.60 bits per heavy atom. The average molecular weight is 534 g/mol. The lowest BCUT2D eigenvalue weighted by Gasteiger charge is -2.09. The summed E-state index contributed by atoms with van der Waals surface area (Å²) in [5.41, 5.74) is 0.952. The van der Waals surface area contributed by atoms with Gasteiger partial charge in [0.15, 0.2) is 11.0 Å². The van der Waals surface area contributed by atoms with Gasteiger partial charge in [0.05, 0.1) is 28.6 Å². The van der Waals surface area contributed by atoms with Gasteiger partial charge in [-0.05, 0) is 42.8 Å². The molecule has 0 spiro atoms. The summed E-state index contributed by atoms with van der Waals surface area (Å²) in [6.07, 6.45) is 3.01. The van der Waals surface area contributed by atoms with Crippen LogP contribution in [0.25, 0.3) is 6.08 Å². The lowest BCUT2D eigenvalue weighted by molar-refractivity contribution is -0.116. The smallest absolute Gasteiger partial charge is 0.335 e. The largest absolute Gasteiger partial charge is 0.478 e. The van der Waals surface area contributed by atoms with E-state index in [9.17, 15) is 14.4 Å². The topological polar surface area (TPSA) is 126 Å². The van der Waals surface area contributed by atoms with Crippen LogP contribution in [0.1, 0.15) is 28.7 Å². The van der Waals surface area contributed by atoms with E-state index < -0.39 is 5.97 Å². The number of carbonyl (C=O) groups excluding carboxylic acids is 2. The SMILES string of the molecule is CCn1c(CNC(=O)C=Cc2ccccc2Cl)nnc1SCC(=O)Nc1cc(C(=O)O)ccc1Cl. The van der Waals surface area contributed by atoms with Crippen LogP contribution in [0.3, 0.4) is 0 Å². The minimum Gasteiger partial charge on any atom is -0.478 e. The number of rotatable bonds is 10. The highest BCUT2D eigenvalue weighted by Gasteiger charge is 2.15. The Balaban J connectivity index is 1.56. The molecule has 2 aromatic carbocycles. The standard InChI is InChI=1S/C23H21Cl2N5O4S/c1-2-30-19(12-26-20(31)10-8-14-5-3-4-6-16(14)24)28-29-23(30)35-13-21(32)27-18-11-15(22(33)34)7-9-17(18)25/h3-11H,2,12-13H2,1H3,(H,26,31)(H,27,32)(H,33,34). The highest BCUT2D eigenvalue weighted by atomic mass is 35.5. The minimum atomic E-state index is -1.12. The number of anilines is 1. The molecule has 35 heavy (non-hydrogen) atoms. The molecule has 182 valence electrons. The quantitative estimate of drug-likeness (QED) is 0.261. The van der Waals surface area contributed by atoms with E-state index in [0.717, 1.165) is 17.3 Å². The number of hydrogen-bond acceptors (Lipinski definition) is 6. The van der Waals surface area contributed by atoms with Crippen LogP contribution in [0, 0.1) is 0 Å². The van der Waals surface area contributed by atoms with E-state index in [1.54, 1.807) is 22.8 Å². The minimum absolute atomic E-state index is 0.00130. The van der Waals surface area contributed by atoms with Crippen molar-refractivity contribution >= 4 is 64.5 Å². The van der Waals surface area contributed by atoms with Crippen molar-refractivity contribution < 1.29 is 19.5 Å². The Hall–Kier alpha value is -3.34. The van der Waals surface area contributed by atoms with E-state index in [4.69, 9.17) is 28.3 Å². The molecule has 0 saturated heterocycles. The third-order valence-corrected chi connectivity index (χ3v) is 6.31. The number of carboxylic acids is 1. The molecule has 0 atom stereocenters. The number of thioether (sulfide) groups is 1. The zero-order valence-corrected chi connectivity index (χ0v) is 20.8. The summed E-state index contributed by atoms with van der Waals surface area (Å²) >= 11 is 13.3. The summed E-state index contributed by atoms with van der Waals surface area (Å²) in [6.45, 7) is 2.58. The molecule has 0 fully saturated rings. The van der Waals surface area contributed by atoms with Crippen LogP contribution in [-0.2, 0) is 22.7 Å². The average Bonchev–Trinajstić information content (AvgIpc) is 3.24. The number of carbonyl (C=O) groups is 3. The van der Waals surface area contributed by atoms with Crippen LogP contribution >= 0.6 is 35.0 Å². The molecule has 0 aliphatic rings. The predicted octanol–water partition coefficient (Wildman–Crippen LogP) is 4.36. The van der Waals surface area contributed by atoms with Crippen molar-refractivity contribution in [1.82, 2.24) is 20.1 Å². The second-order valence-electron chi connectivity index (χ2n) is 7.05. The number of amides is 2. The number of nitrogens with one attached hydrogen (secondary N) is 2. The number of halogens is 2. The van der Waals surface area contributed by atoms with E-state index >= 15 is 0 Å². The number of aromatic carboxylic acids is 1. The Kier molecular flexibility index (Phi) is 9.30. The van der Waals surface area contributed by atoms with Crippen molar-refractivity contribution in [3.05, 3.63) is 75.5 Å². The van der Waals surface area contributed by atoms with Crippen molar-refractivity contribution in [3.8, 4) is 0 Å². The number of hydrogen-bond donors (Lipinski definition) is 3. The van der Waals surface area contributed by atoms with Gasteiger partial charge in [-0.15, -0.1) is 10.2 Å². The molecule has 3 N–H and O–H groups in total. The van der Waals surface area contributed by atoms with Crippen molar-refractivity contribution in [1.29, 1.82) is 0 Å². The second kappa shape index (κ2) is 12.4. The number of nitrogens with zero attached hydrogens (tertiary/aromatic N) is 3. The summed E-state index contributed by atoms with van der Waals surface area (Å²) in [7, 11) is 0. The molecule has 0 aliphatic heterocycles. The molecule has 0 aliphatic carbocycles. The normalized spacial score (nSPS) is 10.9. The fourth-order valence-electron chi connectivity index (χ4n) is 2.95. The first kappa shape index (κ1) is 26.3. The fourth-order valence-corrected chi connectivity index (χ4v) is 4.13. The van der Waals surface area contributed by atoms with Crippen LogP contribution in [-0.4, -0.2) is 43.4 Å². The summed E-state index contributed by atoms with van der Waals surface area (Å²) in [5.74, 6) is -1.29. The summed E-state index contributed by atoms with van der Waals surface area (Å²) in [4.78, 5) is 35.7. The Morgan fingerprint density at radius 2 is 1.89 bits per heavy atom. The van der Waals surface area contributed by atoms with E-state index in [-0.39, 0.29) is 40.4 Å². The highest BCUT2D eigenvalue weighted by molar-refractivity contribution is 7.99. The van der Waals surface area contributed by atoms with Crippen molar-refractivity contribution in [2.75, 3.05) is 11.1 Å². The maximum Gasteiger partial charge on any atom is 0.335 e. The maximum absolute atomic E-state index is 12.4. The zero-order valence-electron chi connectivity index (χ0n) is 18.5. The lowest BCUT2D eigenvalue weighted by atomic mass is 10.2. The van der Waals surface area contributed by atoms with Crippen molar-refractivity contribution in [2.45, 2.75) is 25.2 Å². The van der Waals surface area contributed by atoms with Crippen molar-refractivity contribution in [2.24, 2.45) is 0 Å². The van der Waals surface area contributed by atoms with Gasteiger partial charge in [0.1, 0.15) is 0 Å². The molecule has 3 aromatic rings. The van der Waals surface area contributed by atoms with Gasteiger partial charge in [-0.3, -0.25) is 9.59 Å². The van der Waals surface area contributed by atoms with Crippen LogP contribution in [0.5, 0.6) is 0 Å². The van der Waals surface area contributed by atoms with Crippen LogP contribution in [0.15, 0.2) is 53.7 Å². The molecule has 0 saturated carbocycles. The molecule has 12 heteroatoms. The van der Waals surface area contributed by atoms with Gasteiger partial charge in [-0.1, -0.05) is 53.2 Å². The van der Waals surface area contributed by atoms with Crippen molar-refractivity contribution in [3.63, 3.8) is 0 Å². The molecule has 2 amide bonds. The third-order valence-electron chi connectivity index (χ3n) is 4.67. The zero-order chi connectivity index (χ0) is 25.4. The number of aromatic nitrogens is 3. The molecular formula is C23H21Cl2N5O4S. The van der Waals surface area contributed by atoms with Gasteiger partial charge in [-0.2, -0.15) is 0 Å². The number of benzene rings is 2. The molecule has 9 nitrogen and oxygen atoms in total. The van der Waals surface area contributed by atoms with Crippen LogP contribution < -0.4 is 10.6 Å². The highest BCUT2D eigenvalue weighted by Crippen LogP contribution is 2.24. The van der Waals surface area contributed by atoms with Crippen LogP contribution in [0.2, 0.25) is 10.0 Å². The first-order valence-corrected chi connectivity index (χ1v) is 12.1. The Bertz CT molecular complexity index is 1280. The summed E-state index contributed by atoms with van der Waals surface area (Å²) in [5, 5.41) is 24.0. The predicted molar refractivity (Wildman–Crippen MR) is 136 cm³/mol.